The van der Waals surface area contributed by atoms with Crippen molar-refractivity contribution < 1.29 is 9.53 Å². The highest BCUT2D eigenvalue weighted by molar-refractivity contribution is 5.80. The van der Waals surface area contributed by atoms with Crippen LogP contribution in [0.15, 0.2) is 48.7 Å². The van der Waals surface area contributed by atoms with Crippen LogP contribution in [-0.4, -0.2) is 41.5 Å². The number of likely N-dealkylation sites (tertiary alicyclic amines) is 1. The minimum atomic E-state index is -0.297. The van der Waals surface area contributed by atoms with Gasteiger partial charge in [-0.3, -0.25) is 14.7 Å². The summed E-state index contributed by atoms with van der Waals surface area (Å²) in [5.41, 5.74) is 1.87. The molecule has 150 valence electrons. The number of ether oxygens (including phenoxy) is 1. The van der Waals surface area contributed by atoms with Crippen molar-refractivity contribution >= 4 is 5.91 Å². The van der Waals surface area contributed by atoms with Crippen LogP contribution >= 0.6 is 0 Å². The Morgan fingerprint density at radius 2 is 2.07 bits per heavy atom. The number of piperidine rings is 1. The molecule has 1 aromatic carbocycles. The molecule has 0 radical (unpaired) electrons. The molecule has 0 aliphatic carbocycles. The average molecular weight is 382 g/mol. The van der Waals surface area contributed by atoms with Crippen molar-refractivity contribution in [3.63, 3.8) is 0 Å². The van der Waals surface area contributed by atoms with Crippen LogP contribution in [0.1, 0.15) is 50.9 Å². The summed E-state index contributed by atoms with van der Waals surface area (Å²) in [6.07, 6.45) is 3.73. The summed E-state index contributed by atoms with van der Waals surface area (Å²) in [4.78, 5) is 20.1. The largest absolute Gasteiger partial charge is 0.497 e. The molecule has 1 saturated heterocycles. The standard InChI is InChI=1S/C23H31N3O2/c1-23(2,3)26-14-8-10-18(16-26)22(27)25-21(20-12-5-6-13-24-20)17-9-7-11-19(15-17)28-4/h5-7,9,11-13,15,18,21H,8,10,14,16H2,1-4H3,(H,25,27). The lowest BCUT2D eigenvalue weighted by molar-refractivity contribution is -0.128. The number of aromatic nitrogens is 1. The van der Waals surface area contributed by atoms with Crippen LogP contribution in [0.25, 0.3) is 0 Å². The van der Waals surface area contributed by atoms with E-state index in [1.807, 2.05) is 42.5 Å². The van der Waals surface area contributed by atoms with Crippen molar-refractivity contribution in [3.05, 3.63) is 59.9 Å². The van der Waals surface area contributed by atoms with Gasteiger partial charge in [0.05, 0.1) is 24.8 Å². The van der Waals surface area contributed by atoms with Crippen molar-refractivity contribution in [2.24, 2.45) is 5.92 Å². The topological polar surface area (TPSA) is 54.5 Å². The molecule has 2 heterocycles. The van der Waals surface area contributed by atoms with Gasteiger partial charge >= 0.3 is 0 Å². The fourth-order valence-corrected chi connectivity index (χ4v) is 3.76. The average Bonchev–Trinajstić information content (AvgIpc) is 2.72. The van der Waals surface area contributed by atoms with Gasteiger partial charge in [0.25, 0.3) is 0 Å². The van der Waals surface area contributed by atoms with Gasteiger partial charge in [-0.05, 0) is 70.0 Å². The number of carbonyl (C=O) groups is 1. The second-order valence-corrected chi connectivity index (χ2v) is 8.43. The Hall–Kier alpha value is -2.40. The quantitative estimate of drug-likeness (QED) is 0.856. The summed E-state index contributed by atoms with van der Waals surface area (Å²) >= 11 is 0. The third-order valence-corrected chi connectivity index (χ3v) is 5.44. The number of nitrogens with zero attached hydrogens (tertiary/aromatic N) is 2. The first-order valence-corrected chi connectivity index (χ1v) is 9.99. The monoisotopic (exact) mass is 381 g/mol. The van der Waals surface area contributed by atoms with E-state index in [1.165, 1.54) is 0 Å². The minimum Gasteiger partial charge on any atom is -0.497 e. The molecule has 1 fully saturated rings. The number of benzene rings is 1. The van der Waals surface area contributed by atoms with Crippen molar-refractivity contribution in [1.82, 2.24) is 15.2 Å². The molecular formula is C23H31N3O2. The summed E-state index contributed by atoms with van der Waals surface area (Å²) in [6.45, 7) is 8.47. The lowest BCUT2D eigenvalue weighted by Crippen LogP contribution is -2.50. The number of pyridine rings is 1. The third kappa shape index (κ3) is 4.90. The second-order valence-electron chi connectivity index (χ2n) is 8.43. The summed E-state index contributed by atoms with van der Waals surface area (Å²) in [5.74, 6) is 0.849. The maximum Gasteiger partial charge on any atom is 0.225 e. The van der Waals surface area contributed by atoms with Gasteiger partial charge in [-0.2, -0.15) is 0 Å². The normalized spacial score (nSPS) is 19.1. The molecule has 0 saturated carbocycles. The van der Waals surface area contributed by atoms with Gasteiger partial charge in [0.2, 0.25) is 5.91 Å². The van der Waals surface area contributed by atoms with E-state index in [0.29, 0.717) is 0 Å². The summed E-state index contributed by atoms with van der Waals surface area (Å²) in [6, 6.07) is 13.3. The molecule has 3 rings (SSSR count). The Balaban J connectivity index is 1.82. The Morgan fingerprint density at radius 1 is 1.25 bits per heavy atom. The van der Waals surface area contributed by atoms with Crippen LogP contribution in [0.3, 0.4) is 0 Å². The number of hydrogen-bond acceptors (Lipinski definition) is 4. The molecule has 1 aliphatic heterocycles. The summed E-state index contributed by atoms with van der Waals surface area (Å²) < 4.78 is 5.37. The van der Waals surface area contributed by atoms with Crippen LogP contribution < -0.4 is 10.1 Å². The van der Waals surface area contributed by atoms with E-state index in [0.717, 1.165) is 42.9 Å². The Labute approximate surface area is 168 Å². The molecule has 1 aliphatic rings. The number of nitrogens with one attached hydrogen (secondary N) is 1. The maximum absolute atomic E-state index is 13.2. The predicted molar refractivity (Wildman–Crippen MR) is 111 cm³/mol. The summed E-state index contributed by atoms with van der Waals surface area (Å²) in [7, 11) is 1.65. The molecule has 2 aromatic rings. The first kappa shape index (κ1) is 20.3. The molecular weight excluding hydrogens is 350 g/mol. The number of amides is 1. The minimum absolute atomic E-state index is 0.00945. The highest BCUT2D eigenvalue weighted by Crippen LogP contribution is 2.27. The van der Waals surface area contributed by atoms with E-state index >= 15 is 0 Å². The zero-order chi connectivity index (χ0) is 20.1. The van der Waals surface area contributed by atoms with Crippen LogP contribution in [0.5, 0.6) is 5.75 Å². The lowest BCUT2D eigenvalue weighted by Gasteiger charge is -2.41. The second kappa shape index (κ2) is 8.74. The number of methoxy groups -OCH3 is 1. The number of carbonyl (C=O) groups excluding carboxylic acids is 1. The third-order valence-electron chi connectivity index (χ3n) is 5.44. The fraction of sp³-hybridized carbons (Fsp3) is 0.478. The van der Waals surface area contributed by atoms with Gasteiger partial charge in [0.15, 0.2) is 0 Å². The Bertz CT molecular complexity index is 786. The van der Waals surface area contributed by atoms with E-state index in [9.17, 15) is 4.79 Å². The summed E-state index contributed by atoms with van der Waals surface area (Å²) in [5, 5.41) is 3.26. The maximum atomic E-state index is 13.2. The van der Waals surface area contributed by atoms with Crippen molar-refractivity contribution in [2.75, 3.05) is 20.2 Å². The van der Waals surface area contributed by atoms with Gasteiger partial charge in [-0.15, -0.1) is 0 Å². The van der Waals surface area contributed by atoms with Crippen molar-refractivity contribution in [1.29, 1.82) is 0 Å². The molecule has 0 spiro atoms. The number of hydrogen-bond donors (Lipinski definition) is 1. The van der Waals surface area contributed by atoms with Crippen LogP contribution in [0, 0.1) is 5.92 Å². The van der Waals surface area contributed by atoms with E-state index in [1.54, 1.807) is 13.3 Å². The lowest BCUT2D eigenvalue weighted by atomic mass is 9.92. The highest BCUT2D eigenvalue weighted by Gasteiger charge is 2.32. The van der Waals surface area contributed by atoms with Gasteiger partial charge < -0.3 is 10.1 Å². The molecule has 28 heavy (non-hydrogen) atoms. The molecule has 0 bridgehead atoms. The molecule has 1 aromatic heterocycles. The molecule has 5 heteroatoms. The van der Waals surface area contributed by atoms with Gasteiger partial charge in [-0.25, -0.2) is 0 Å². The Morgan fingerprint density at radius 3 is 2.75 bits per heavy atom. The fourth-order valence-electron chi connectivity index (χ4n) is 3.76. The van der Waals surface area contributed by atoms with Crippen LogP contribution in [0.2, 0.25) is 0 Å². The molecule has 1 N–H and O–H groups in total. The first-order chi connectivity index (χ1) is 13.4. The highest BCUT2D eigenvalue weighted by atomic mass is 16.5. The van der Waals surface area contributed by atoms with Crippen molar-refractivity contribution in [2.45, 2.75) is 45.2 Å². The SMILES string of the molecule is COc1cccc(C(NC(=O)C2CCCN(C(C)(C)C)C2)c2ccccn2)c1. The number of rotatable bonds is 5. The first-order valence-electron chi connectivity index (χ1n) is 9.99. The van der Waals surface area contributed by atoms with E-state index in [4.69, 9.17) is 4.74 Å². The molecule has 1 amide bonds. The van der Waals surface area contributed by atoms with E-state index < -0.39 is 0 Å². The zero-order valence-corrected chi connectivity index (χ0v) is 17.3. The smallest absolute Gasteiger partial charge is 0.225 e. The van der Waals surface area contributed by atoms with Gasteiger partial charge in [0, 0.05) is 18.3 Å². The van der Waals surface area contributed by atoms with Gasteiger partial charge in [-0.1, -0.05) is 18.2 Å². The van der Waals surface area contributed by atoms with Gasteiger partial charge in [0.1, 0.15) is 5.75 Å². The predicted octanol–water partition coefficient (Wildman–Crippen LogP) is 3.81. The van der Waals surface area contributed by atoms with E-state index in [-0.39, 0.29) is 23.4 Å². The molecule has 2 atom stereocenters. The van der Waals surface area contributed by atoms with E-state index in [2.05, 4.69) is 36.0 Å². The van der Waals surface area contributed by atoms with Crippen LogP contribution in [0.4, 0.5) is 0 Å². The van der Waals surface area contributed by atoms with Crippen molar-refractivity contribution in [3.8, 4) is 5.75 Å². The molecule has 2 unspecified atom stereocenters. The zero-order valence-electron chi connectivity index (χ0n) is 17.3. The molecule has 5 nitrogen and oxygen atoms in total. The van der Waals surface area contributed by atoms with Crippen LogP contribution in [-0.2, 0) is 4.79 Å². The Kier molecular flexibility index (Phi) is 6.35.